The molecule has 0 unspecified atom stereocenters. The molecular weight excluding hydrogens is 252 g/mol. The van der Waals surface area contributed by atoms with Crippen LogP contribution in [0.25, 0.3) is 0 Å². The van der Waals surface area contributed by atoms with Crippen LogP contribution < -0.4 is 15.4 Å². The van der Waals surface area contributed by atoms with Gasteiger partial charge in [0.1, 0.15) is 5.75 Å². The van der Waals surface area contributed by atoms with Crippen molar-refractivity contribution in [3.63, 3.8) is 0 Å². The zero-order valence-corrected chi connectivity index (χ0v) is 12.7. The van der Waals surface area contributed by atoms with E-state index in [1.54, 1.807) is 0 Å². The van der Waals surface area contributed by atoms with Crippen molar-refractivity contribution in [3.8, 4) is 5.75 Å². The Kier molecular flexibility index (Phi) is 7.73. The molecule has 0 fully saturated rings. The van der Waals surface area contributed by atoms with Gasteiger partial charge in [0.2, 0.25) is 5.91 Å². The van der Waals surface area contributed by atoms with Crippen LogP contribution in [0.2, 0.25) is 0 Å². The maximum atomic E-state index is 11.7. The molecule has 20 heavy (non-hydrogen) atoms. The molecule has 1 aromatic carbocycles. The van der Waals surface area contributed by atoms with Gasteiger partial charge in [-0.25, -0.2) is 0 Å². The molecule has 0 saturated carbocycles. The van der Waals surface area contributed by atoms with Crippen LogP contribution in [0.3, 0.4) is 0 Å². The summed E-state index contributed by atoms with van der Waals surface area (Å²) in [6, 6.07) is 8.29. The highest BCUT2D eigenvalue weighted by Crippen LogP contribution is 2.12. The Morgan fingerprint density at radius 2 is 2.15 bits per heavy atom. The van der Waals surface area contributed by atoms with Crippen molar-refractivity contribution in [2.24, 2.45) is 0 Å². The number of ether oxygens (including phenoxy) is 1. The van der Waals surface area contributed by atoms with Crippen molar-refractivity contribution in [2.75, 3.05) is 13.2 Å². The first-order chi connectivity index (χ1) is 9.61. The first-order valence-electron chi connectivity index (χ1n) is 7.33. The molecule has 1 rings (SSSR count). The van der Waals surface area contributed by atoms with Crippen molar-refractivity contribution in [1.82, 2.24) is 10.6 Å². The van der Waals surface area contributed by atoms with Crippen LogP contribution in [-0.4, -0.2) is 25.1 Å². The van der Waals surface area contributed by atoms with Gasteiger partial charge in [0.05, 0.1) is 6.61 Å². The summed E-state index contributed by atoms with van der Waals surface area (Å²) in [7, 11) is 0. The van der Waals surface area contributed by atoms with Crippen molar-refractivity contribution in [2.45, 2.75) is 46.2 Å². The van der Waals surface area contributed by atoms with Crippen LogP contribution in [0.1, 0.15) is 39.2 Å². The summed E-state index contributed by atoms with van der Waals surface area (Å²) in [5, 5.41) is 6.23. The van der Waals surface area contributed by atoms with E-state index in [9.17, 15) is 4.79 Å². The van der Waals surface area contributed by atoms with E-state index in [-0.39, 0.29) is 5.91 Å². The molecule has 2 N–H and O–H groups in total. The van der Waals surface area contributed by atoms with E-state index in [0.29, 0.717) is 25.6 Å². The second kappa shape index (κ2) is 9.37. The lowest BCUT2D eigenvalue weighted by atomic mass is 10.2. The number of nitrogens with one attached hydrogen (secondary N) is 2. The number of benzene rings is 1. The van der Waals surface area contributed by atoms with E-state index in [2.05, 4.69) is 24.5 Å². The first-order valence-corrected chi connectivity index (χ1v) is 7.33. The average molecular weight is 278 g/mol. The van der Waals surface area contributed by atoms with Gasteiger partial charge in [-0.15, -0.1) is 0 Å². The highest BCUT2D eigenvalue weighted by atomic mass is 16.5. The van der Waals surface area contributed by atoms with Crippen LogP contribution in [0.4, 0.5) is 0 Å². The monoisotopic (exact) mass is 278 g/mol. The maximum absolute atomic E-state index is 11.7. The largest absolute Gasteiger partial charge is 0.494 e. The quantitative estimate of drug-likeness (QED) is 0.682. The molecule has 1 aromatic rings. The van der Waals surface area contributed by atoms with Gasteiger partial charge in [0.15, 0.2) is 0 Å². The Morgan fingerprint density at radius 3 is 2.85 bits per heavy atom. The molecule has 0 aliphatic rings. The topological polar surface area (TPSA) is 50.4 Å². The number of amides is 1. The predicted octanol–water partition coefficient (Wildman–Crippen LogP) is 2.48. The fourth-order valence-electron chi connectivity index (χ4n) is 1.84. The third-order valence-electron chi connectivity index (χ3n) is 2.83. The van der Waals surface area contributed by atoms with Crippen LogP contribution in [0.15, 0.2) is 24.3 Å². The summed E-state index contributed by atoms with van der Waals surface area (Å²) in [6.07, 6.45) is 1.42. The minimum atomic E-state index is 0.0948. The molecular formula is C16H26N2O2. The first kappa shape index (κ1) is 16.5. The molecule has 0 atom stereocenters. The van der Waals surface area contributed by atoms with Crippen molar-refractivity contribution in [1.29, 1.82) is 0 Å². The molecule has 4 nitrogen and oxygen atoms in total. The van der Waals surface area contributed by atoms with Crippen LogP contribution >= 0.6 is 0 Å². The third-order valence-corrected chi connectivity index (χ3v) is 2.83. The van der Waals surface area contributed by atoms with Gasteiger partial charge in [-0.1, -0.05) is 26.0 Å². The van der Waals surface area contributed by atoms with Gasteiger partial charge in [0, 0.05) is 19.0 Å². The molecule has 0 radical (unpaired) electrons. The second-order valence-electron chi connectivity index (χ2n) is 5.07. The van der Waals surface area contributed by atoms with Gasteiger partial charge in [-0.3, -0.25) is 4.79 Å². The lowest BCUT2D eigenvalue weighted by molar-refractivity contribution is -0.121. The summed E-state index contributed by atoms with van der Waals surface area (Å²) in [4.78, 5) is 11.7. The summed E-state index contributed by atoms with van der Waals surface area (Å²) in [5.74, 6) is 0.942. The molecule has 0 saturated heterocycles. The highest BCUT2D eigenvalue weighted by Gasteiger charge is 2.02. The molecule has 0 aromatic heterocycles. The number of carbonyl (C=O) groups is 1. The molecule has 112 valence electrons. The number of carbonyl (C=O) groups excluding carboxylic acids is 1. The van der Waals surface area contributed by atoms with Crippen LogP contribution in [-0.2, 0) is 11.3 Å². The molecule has 0 heterocycles. The lowest BCUT2D eigenvalue weighted by Gasteiger charge is -2.09. The molecule has 0 spiro atoms. The Balaban J connectivity index is 2.25. The fraction of sp³-hybridized carbons (Fsp3) is 0.562. The normalized spacial score (nSPS) is 10.6. The summed E-state index contributed by atoms with van der Waals surface area (Å²) in [5.41, 5.74) is 1.06. The van der Waals surface area contributed by atoms with E-state index in [4.69, 9.17) is 4.74 Å². The Bertz CT molecular complexity index is 405. The zero-order valence-electron chi connectivity index (χ0n) is 12.7. The van der Waals surface area contributed by atoms with E-state index in [0.717, 1.165) is 24.3 Å². The van der Waals surface area contributed by atoms with Crippen LogP contribution in [0, 0.1) is 0 Å². The summed E-state index contributed by atoms with van der Waals surface area (Å²) in [6.45, 7) is 8.25. The van der Waals surface area contributed by atoms with Crippen molar-refractivity contribution >= 4 is 5.91 Å². The van der Waals surface area contributed by atoms with E-state index in [1.165, 1.54) is 0 Å². The smallest absolute Gasteiger partial charge is 0.220 e. The van der Waals surface area contributed by atoms with Gasteiger partial charge in [-0.2, -0.15) is 0 Å². The van der Waals surface area contributed by atoms with Gasteiger partial charge in [0.25, 0.3) is 0 Å². The van der Waals surface area contributed by atoms with Crippen LogP contribution in [0.5, 0.6) is 5.75 Å². The van der Waals surface area contributed by atoms with E-state index < -0.39 is 0 Å². The third kappa shape index (κ3) is 7.14. The molecule has 0 aliphatic heterocycles. The molecule has 4 heteroatoms. The summed E-state index contributed by atoms with van der Waals surface area (Å²) >= 11 is 0. The maximum Gasteiger partial charge on any atom is 0.220 e. The number of rotatable bonds is 9. The Hall–Kier alpha value is -1.55. The molecule has 0 bridgehead atoms. The van der Waals surface area contributed by atoms with Crippen molar-refractivity contribution in [3.05, 3.63) is 29.8 Å². The SMILES string of the molecule is CCOc1cccc(CNC(=O)CCCNC(C)C)c1. The lowest BCUT2D eigenvalue weighted by Crippen LogP contribution is -2.27. The predicted molar refractivity (Wildman–Crippen MR) is 81.8 cm³/mol. The van der Waals surface area contributed by atoms with Gasteiger partial charge in [-0.05, 0) is 37.6 Å². The standard InChI is InChI=1S/C16H26N2O2/c1-4-20-15-8-5-7-14(11-15)12-18-16(19)9-6-10-17-13(2)3/h5,7-8,11,13,17H,4,6,9-10,12H2,1-3H3,(H,18,19). The Labute approximate surface area is 121 Å². The molecule has 1 amide bonds. The second-order valence-corrected chi connectivity index (χ2v) is 5.07. The zero-order chi connectivity index (χ0) is 14.8. The minimum absolute atomic E-state index is 0.0948. The fourth-order valence-corrected chi connectivity index (χ4v) is 1.84. The summed E-state index contributed by atoms with van der Waals surface area (Å²) < 4.78 is 5.43. The van der Waals surface area contributed by atoms with Gasteiger partial charge >= 0.3 is 0 Å². The minimum Gasteiger partial charge on any atom is -0.494 e. The number of hydrogen-bond acceptors (Lipinski definition) is 3. The van der Waals surface area contributed by atoms with E-state index >= 15 is 0 Å². The van der Waals surface area contributed by atoms with E-state index in [1.807, 2.05) is 31.2 Å². The Morgan fingerprint density at radius 1 is 1.35 bits per heavy atom. The average Bonchev–Trinajstić information content (AvgIpc) is 2.42. The highest BCUT2D eigenvalue weighted by molar-refractivity contribution is 5.75. The van der Waals surface area contributed by atoms with Gasteiger partial charge < -0.3 is 15.4 Å². The van der Waals surface area contributed by atoms with Crippen molar-refractivity contribution < 1.29 is 9.53 Å². The number of hydrogen-bond donors (Lipinski definition) is 2. The molecule has 0 aliphatic carbocycles.